The molecule has 3 aromatic rings. The molecule has 3 rings (SSSR count). The molecule has 0 spiro atoms. The smallest absolute Gasteiger partial charge is 0.228 e. The van der Waals surface area contributed by atoms with Gasteiger partial charge in [0, 0.05) is 32.3 Å². The van der Waals surface area contributed by atoms with Crippen molar-refractivity contribution in [3.8, 4) is 0 Å². The van der Waals surface area contributed by atoms with Crippen molar-refractivity contribution >= 4 is 16.9 Å². The molecule has 0 radical (unpaired) electrons. The van der Waals surface area contributed by atoms with Gasteiger partial charge in [0.15, 0.2) is 11.4 Å². The van der Waals surface area contributed by atoms with Crippen LogP contribution in [0.5, 0.6) is 0 Å². The zero-order valence-corrected chi connectivity index (χ0v) is 12.4. The molecule has 1 aromatic carbocycles. The maximum Gasteiger partial charge on any atom is 0.228 e. The normalized spacial score (nSPS) is 11.0. The van der Waals surface area contributed by atoms with E-state index in [1.54, 1.807) is 18.9 Å². The van der Waals surface area contributed by atoms with E-state index in [1.165, 1.54) is 0 Å². The van der Waals surface area contributed by atoms with Crippen LogP contribution in [0.2, 0.25) is 0 Å². The summed E-state index contributed by atoms with van der Waals surface area (Å²) in [5, 5.41) is 8.66. The van der Waals surface area contributed by atoms with E-state index in [-0.39, 0.29) is 12.3 Å². The molecular formula is C15H16N4O3. The lowest BCUT2D eigenvalue weighted by atomic mass is 10.1. The topological polar surface area (TPSA) is 85.3 Å². The second-order valence-electron chi connectivity index (χ2n) is 5.10. The third-order valence-electron chi connectivity index (χ3n) is 3.44. The summed E-state index contributed by atoms with van der Waals surface area (Å²) in [5.74, 6) is 1.10. The molecule has 0 saturated carbocycles. The van der Waals surface area contributed by atoms with Gasteiger partial charge >= 0.3 is 0 Å². The predicted molar refractivity (Wildman–Crippen MR) is 78.1 cm³/mol. The first kappa shape index (κ1) is 14.2. The Bertz CT molecular complexity index is 793. The Hall–Kier alpha value is -2.70. The summed E-state index contributed by atoms with van der Waals surface area (Å²) < 4.78 is 10.1. The summed E-state index contributed by atoms with van der Waals surface area (Å²) in [4.78, 5) is 18.0. The van der Waals surface area contributed by atoms with Gasteiger partial charge in [-0.3, -0.25) is 4.79 Å². The quantitative estimate of drug-likeness (QED) is 0.713. The van der Waals surface area contributed by atoms with Gasteiger partial charge in [-0.1, -0.05) is 22.4 Å². The molecule has 0 aliphatic carbocycles. The second kappa shape index (κ2) is 5.97. The molecule has 0 saturated heterocycles. The molecule has 0 aliphatic rings. The van der Waals surface area contributed by atoms with E-state index < -0.39 is 0 Å². The van der Waals surface area contributed by atoms with Gasteiger partial charge in [-0.05, 0) is 12.1 Å². The van der Waals surface area contributed by atoms with Crippen molar-refractivity contribution < 1.29 is 13.8 Å². The number of aryl methyl sites for hydroxylation is 1. The third kappa shape index (κ3) is 2.98. The van der Waals surface area contributed by atoms with Gasteiger partial charge in [-0.25, -0.2) is 0 Å². The molecule has 2 heterocycles. The lowest BCUT2D eigenvalue weighted by Crippen LogP contribution is -2.30. The van der Waals surface area contributed by atoms with Gasteiger partial charge in [0.05, 0.1) is 6.42 Å². The van der Waals surface area contributed by atoms with Crippen molar-refractivity contribution in [2.75, 3.05) is 13.6 Å². The lowest BCUT2D eigenvalue weighted by Gasteiger charge is -2.15. The van der Waals surface area contributed by atoms with Gasteiger partial charge < -0.3 is 13.9 Å². The van der Waals surface area contributed by atoms with Crippen LogP contribution < -0.4 is 0 Å². The molecule has 1 amide bonds. The number of nitrogens with zero attached hydrogens (tertiary/aromatic N) is 4. The Labute approximate surface area is 126 Å². The van der Waals surface area contributed by atoms with E-state index in [4.69, 9.17) is 9.05 Å². The van der Waals surface area contributed by atoms with Crippen LogP contribution in [-0.4, -0.2) is 39.7 Å². The van der Waals surface area contributed by atoms with Gasteiger partial charge in [0.1, 0.15) is 5.69 Å². The molecule has 0 atom stereocenters. The average Bonchev–Trinajstić information content (AvgIpc) is 3.12. The van der Waals surface area contributed by atoms with E-state index >= 15 is 0 Å². The zero-order chi connectivity index (χ0) is 15.5. The molecule has 0 bridgehead atoms. The fourth-order valence-electron chi connectivity index (χ4n) is 2.18. The fraction of sp³-hybridized carbons (Fsp3) is 0.333. The van der Waals surface area contributed by atoms with Crippen molar-refractivity contribution in [3.63, 3.8) is 0 Å². The van der Waals surface area contributed by atoms with Crippen LogP contribution in [0.15, 0.2) is 33.3 Å². The highest BCUT2D eigenvalue weighted by Crippen LogP contribution is 2.18. The molecular weight excluding hydrogens is 284 g/mol. The maximum atomic E-state index is 12.3. The van der Waals surface area contributed by atoms with E-state index in [2.05, 4.69) is 15.3 Å². The predicted octanol–water partition coefficient (Wildman–Crippen LogP) is 1.76. The van der Waals surface area contributed by atoms with E-state index in [0.29, 0.717) is 36.0 Å². The van der Waals surface area contributed by atoms with Crippen molar-refractivity contribution in [2.45, 2.75) is 19.8 Å². The third-order valence-corrected chi connectivity index (χ3v) is 3.44. The number of rotatable bonds is 5. The van der Waals surface area contributed by atoms with Crippen LogP contribution in [0.3, 0.4) is 0 Å². The number of amides is 1. The van der Waals surface area contributed by atoms with Gasteiger partial charge in [0.25, 0.3) is 0 Å². The van der Waals surface area contributed by atoms with Crippen molar-refractivity contribution in [1.29, 1.82) is 0 Å². The number of hydrogen-bond acceptors (Lipinski definition) is 6. The van der Waals surface area contributed by atoms with E-state index in [9.17, 15) is 4.79 Å². The average molecular weight is 300 g/mol. The Balaban J connectivity index is 1.61. The first-order chi connectivity index (χ1) is 10.6. The van der Waals surface area contributed by atoms with Crippen molar-refractivity contribution in [1.82, 2.24) is 20.2 Å². The van der Waals surface area contributed by atoms with Crippen LogP contribution >= 0.6 is 0 Å². The van der Waals surface area contributed by atoms with Crippen LogP contribution in [0, 0.1) is 6.92 Å². The number of para-hydroxylation sites is 1. The maximum absolute atomic E-state index is 12.3. The minimum atomic E-state index is -0.0285. The molecule has 0 unspecified atom stereocenters. The number of fused-ring (bicyclic) bond motifs is 1. The summed E-state index contributed by atoms with van der Waals surface area (Å²) in [6.07, 6.45) is 0.762. The molecule has 0 N–H and O–H groups in total. The summed E-state index contributed by atoms with van der Waals surface area (Å²) in [7, 11) is 1.75. The number of carbonyl (C=O) groups excluding carboxylic acids is 1. The molecule has 114 valence electrons. The standard InChI is InChI=1S/C15H16N4O3/c1-10-16-14(18-21-10)7-8-19(2)15(20)9-12-11-5-3-4-6-13(11)22-17-12/h3-6H,7-9H2,1-2H3. The largest absolute Gasteiger partial charge is 0.356 e. The second-order valence-corrected chi connectivity index (χ2v) is 5.10. The van der Waals surface area contributed by atoms with Crippen molar-refractivity contribution in [2.24, 2.45) is 0 Å². The van der Waals surface area contributed by atoms with Gasteiger partial charge in [-0.2, -0.15) is 4.98 Å². The number of aromatic nitrogens is 3. The van der Waals surface area contributed by atoms with Crippen LogP contribution in [0.25, 0.3) is 11.0 Å². The molecule has 22 heavy (non-hydrogen) atoms. The summed E-state index contributed by atoms with van der Waals surface area (Å²) in [6, 6.07) is 7.50. The van der Waals surface area contributed by atoms with Crippen LogP contribution in [0.4, 0.5) is 0 Å². The van der Waals surface area contributed by atoms with Crippen LogP contribution in [-0.2, 0) is 17.6 Å². The first-order valence-electron chi connectivity index (χ1n) is 7.00. The Morgan fingerprint density at radius 2 is 2.05 bits per heavy atom. The summed E-state index contributed by atoms with van der Waals surface area (Å²) >= 11 is 0. The van der Waals surface area contributed by atoms with E-state index in [0.717, 1.165) is 5.39 Å². The molecule has 7 heteroatoms. The number of likely N-dealkylation sites (N-methyl/N-ethyl adjacent to an activating group) is 1. The SMILES string of the molecule is Cc1nc(CCN(C)C(=O)Cc2noc3ccccc23)no1. The fourth-order valence-corrected chi connectivity index (χ4v) is 2.18. The minimum absolute atomic E-state index is 0.0285. The van der Waals surface area contributed by atoms with Crippen molar-refractivity contribution in [3.05, 3.63) is 41.7 Å². The summed E-state index contributed by atoms with van der Waals surface area (Å²) in [6.45, 7) is 2.26. The highest BCUT2D eigenvalue weighted by molar-refractivity contribution is 5.86. The van der Waals surface area contributed by atoms with E-state index in [1.807, 2.05) is 24.3 Å². The number of carbonyl (C=O) groups is 1. The first-order valence-corrected chi connectivity index (χ1v) is 7.00. The summed E-state index contributed by atoms with van der Waals surface area (Å²) in [5.41, 5.74) is 1.35. The van der Waals surface area contributed by atoms with Crippen LogP contribution in [0.1, 0.15) is 17.4 Å². The zero-order valence-electron chi connectivity index (χ0n) is 12.4. The minimum Gasteiger partial charge on any atom is -0.356 e. The molecule has 0 fully saturated rings. The Morgan fingerprint density at radius 1 is 1.23 bits per heavy atom. The number of benzene rings is 1. The number of hydrogen-bond donors (Lipinski definition) is 0. The highest BCUT2D eigenvalue weighted by atomic mass is 16.5. The molecule has 2 aromatic heterocycles. The monoisotopic (exact) mass is 300 g/mol. The molecule has 7 nitrogen and oxygen atoms in total. The highest BCUT2D eigenvalue weighted by Gasteiger charge is 2.16. The Morgan fingerprint density at radius 3 is 2.82 bits per heavy atom. The van der Waals surface area contributed by atoms with Gasteiger partial charge in [-0.15, -0.1) is 0 Å². The van der Waals surface area contributed by atoms with Gasteiger partial charge in [0.2, 0.25) is 11.8 Å². The lowest BCUT2D eigenvalue weighted by molar-refractivity contribution is -0.129. The Kier molecular flexibility index (Phi) is 3.86. The molecule has 0 aliphatic heterocycles.